The molecule has 0 aliphatic heterocycles. The van der Waals surface area contributed by atoms with Crippen molar-refractivity contribution in [3.63, 3.8) is 0 Å². The summed E-state index contributed by atoms with van der Waals surface area (Å²) < 4.78 is 1.15. The Balaban J connectivity index is 2.48. The van der Waals surface area contributed by atoms with Crippen LogP contribution >= 0.6 is 27.7 Å². The fourth-order valence-corrected chi connectivity index (χ4v) is 3.47. The molecule has 1 nitrogen and oxygen atoms in total. The van der Waals surface area contributed by atoms with E-state index >= 15 is 0 Å². The number of rotatable bonds is 8. The van der Waals surface area contributed by atoms with E-state index in [0.717, 1.165) is 22.7 Å². The molecule has 0 aromatic heterocycles. The number of benzene rings is 1. The van der Waals surface area contributed by atoms with Gasteiger partial charge in [-0.3, -0.25) is 0 Å². The van der Waals surface area contributed by atoms with E-state index in [9.17, 15) is 0 Å². The first-order valence-corrected chi connectivity index (χ1v) is 8.57. The van der Waals surface area contributed by atoms with E-state index in [4.69, 9.17) is 0 Å². The smallest absolute Gasteiger partial charge is 0.0187 e. The van der Waals surface area contributed by atoms with Gasteiger partial charge in [-0.1, -0.05) is 43.1 Å². The lowest BCUT2D eigenvalue weighted by molar-refractivity contribution is 0.388. The lowest BCUT2D eigenvalue weighted by Gasteiger charge is -2.24. The van der Waals surface area contributed by atoms with Crippen LogP contribution in [0, 0.1) is 5.92 Å². The van der Waals surface area contributed by atoms with Gasteiger partial charge in [-0.25, -0.2) is 0 Å². The summed E-state index contributed by atoms with van der Waals surface area (Å²) in [5.74, 6) is 1.90. The van der Waals surface area contributed by atoms with Crippen LogP contribution in [0.1, 0.15) is 33.6 Å². The molecule has 0 heterocycles. The topological polar surface area (TPSA) is 12.0 Å². The highest BCUT2D eigenvalue weighted by atomic mass is 79.9. The number of thioether (sulfide) groups is 1. The van der Waals surface area contributed by atoms with Crippen molar-refractivity contribution >= 4 is 27.7 Å². The predicted octanol–water partition coefficient (Wildman–Crippen LogP) is 4.96. The van der Waals surface area contributed by atoms with E-state index in [1.165, 1.54) is 17.7 Å². The fourth-order valence-electron chi connectivity index (χ4n) is 2.06. The molecule has 1 aromatic carbocycles. The van der Waals surface area contributed by atoms with Gasteiger partial charge >= 0.3 is 0 Å². The van der Waals surface area contributed by atoms with Crippen molar-refractivity contribution in [2.75, 3.05) is 12.3 Å². The quantitative estimate of drug-likeness (QED) is 0.677. The van der Waals surface area contributed by atoms with Crippen LogP contribution < -0.4 is 5.32 Å². The average molecular weight is 330 g/mol. The summed E-state index contributed by atoms with van der Waals surface area (Å²) in [5, 5.41) is 3.62. The van der Waals surface area contributed by atoms with Gasteiger partial charge in [0, 0.05) is 21.2 Å². The second-order valence-corrected chi connectivity index (χ2v) is 6.70. The first kappa shape index (κ1) is 16.1. The maximum absolute atomic E-state index is 3.62. The summed E-state index contributed by atoms with van der Waals surface area (Å²) in [6.07, 6.45) is 2.57. The zero-order chi connectivity index (χ0) is 13.4. The van der Waals surface area contributed by atoms with Crippen LogP contribution in [0.4, 0.5) is 0 Å². The minimum absolute atomic E-state index is 0.614. The van der Waals surface area contributed by atoms with Gasteiger partial charge in [0.15, 0.2) is 0 Å². The summed E-state index contributed by atoms with van der Waals surface area (Å²) in [7, 11) is 0. The fraction of sp³-hybridized carbons (Fsp3) is 0.600. The summed E-state index contributed by atoms with van der Waals surface area (Å²) in [5.41, 5.74) is 0. The molecule has 3 heteroatoms. The molecule has 1 rings (SSSR count). The molecule has 1 N–H and O–H groups in total. The molecule has 0 saturated carbocycles. The number of hydrogen-bond acceptors (Lipinski definition) is 2. The Bertz CT molecular complexity index is 326. The monoisotopic (exact) mass is 329 g/mol. The number of nitrogens with one attached hydrogen (secondary N) is 1. The third-order valence-electron chi connectivity index (χ3n) is 3.14. The summed E-state index contributed by atoms with van der Waals surface area (Å²) in [6.45, 7) is 7.87. The van der Waals surface area contributed by atoms with Crippen LogP contribution in [-0.2, 0) is 0 Å². The highest BCUT2D eigenvalue weighted by Crippen LogP contribution is 2.24. The normalized spacial score (nSPS) is 14.4. The molecular formula is C15H24BrNS. The molecule has 18 heavy (non-hydrogen) atoms. The zero-order valence-corrected chi connectivity index (χ0v) is 14.0. The van der Waals surface area contributed by atoms with Crippen LogP contribution in [-0.4, -0.2) is 18.3 Å². The van der Waals surface area contributed by atoms with Crippen LogP contribution in [0.25, 0.3) is 0 Å². The Morgan fingerprint density at radius 1 is 1.22 bits per heavy atom. The third kappa shape index (κ3) is 5.77. The molecule has 0 fully saturated rings. The minimum Gasteiger partial charge on any atom is -0.313 e. The Morgan fingerprint density at radius 3 is 2.44 bits per heavy atom. The molecule has 102 valence electrons. The summed E-state index contributed by atoms with van der Waals surface area (Å²) in [4.78, 5) is 1.35. The number of hydrogen-bond donors (Lipinski definition) is 1. The van der Waals surface area contributed by atoms with Crippen LogP contribution in [0.5, 0.6) is 0 Å². The highest BCUT2D eigenvalue weighted by molar-refractivity contribution is 9.10. The SMILES string of the molecule is CCCC(C)C(CSc1ccc(Br)cc1)NCC. The van der Waals surface area contributed by atoms with Crippen LogP contribution in [0.3, 0.4) is 0 Å². The largest absolute Gasteiger partial charge is 0.313 e. The maximum Gasteiger partial charge on any atom is 0.0187 e. The lowest BCUT2D eigenvalue weighted by atomic mass is 9.98. The van der Waals surface area contributed by atoms with E-state index in [0.29, 0.717) is 6.04 Å². The molecule has 0 amide bonds. The molecule has 0 aliphatic rings. The van der Waals surface area contributed by atoms with Crippen molar-refractivity contribution in [1.29, 1.82) is 0 Å². The second-order valence-electron chi connectivity index (χ2n) is 4.70. The highest BCUT2D eigenvalue weighted by Gasteiger charge is 2.15. The van der Waals surface area contributed by atoms with Crippen molar-refractivity contribution in [3.05, 3.63) is 28.7 Å². The first-order chi connectivity index (χ1) is 8.67. The molecule has 1 aromatic rings. The predicted molar refractivity (Wildman–Crippen MR) is 86.4 cm³/mol. The molecule has 0 saturated heterocycles. The molecule has 0 aliphatic carbocycles. The Morgan fingerprint density at radius 2 is 1.89 bits per heavy atom. The van der Waals surface area contributed by atoms with Gasteiger partial charge in [0.05, 0.1) is 0 Å². The third-order valence-corrected chi connectivity index (χ3v) is 4.80. The summed E-state index contributed by atoms with van der Waals surface area (Å²) >= 11 is 5.42. The average Bonchev–Trinajstić information content (AvgIpc) is 2.36. The van der Waals surface area contributed by atoms with Gasteiger partial charge in [-0.2, -0.15) is 0 Å². The van der Waals surface area contributed by atoms with Crippen LogP contribution in [0.2, 0.25) is 0 Å². The molecule has 2 atom stereocenters. The van der Waals surface area contributed by atoms with E-state index < -0.39 is 0 Å². The van der Waals surface area contributed by atoms with Gasteiger partial charge in [-0.15, -0.1) is 11.8 Å². The molecule has 0 spiro atoms. The Labute approximate surface area is 124 Å². The van der Waals surface area contributed by atoms with Crippen molar-refractivity contribution < 1.29 is 0 Å². The van der Waals surface area contributed by atoms with Crippen molar-refractivity contribution in [2.45, 2.75) is 44.6 Å². The Kier molecular flexibility index (Phi) is 8.03. The molecular weight excluding hydrogens is 306 g/mol. The van der Waals surface area contributed by atoms with Crippen molar-refractivity contribution in [1.82, 2.24) is 5.32 Å². The van der Waals surface area contributed by atoms with E-state index in [1.54, 1.807) is 0 Å². The first-order valence-electron chi connectivity index (χ1n) is 6.79. The van der Waals surface area contributed by atoms with E-state index in [2.05, 4.69) is 66.3 Å². The number of halogens is 1. The van der Waals surface area contributed by atoms with Gasteiger partial charge in [0.2, 0.25) is 0 Å². The minimum atomic E-state index is 0.614. The summed E-state index contributed by atoms with van der Waals surface area (Å²) in [6, 6.07) is 9.20. The molecule has 0 bridgehead atoms. The van der Waals surface area contributed by atoms with Gasteiger partial charge in [0.1, 0.15) is 0 Å². The Hall–Kier alpha value is 0.01000. The molecule has 2 unspecified atom stereocenters. The van der Waals surface area contributed by atoms with Crippen molar-refractivity contribution in [3.8, 4) is 0 Å². The lowest BCUT2D eigenvalue weighted by Crippen LogP contribution is -2.37. The van der Waals surface area contributed by atoms with E-state index in [1.807, 2.05) is 11.8 Å². The van der Waals surface area contributed by atoms with Crippen molar-refractivity contribution in [2.24, 2.45) is 5.92 Å². The van der Waals surface area contributed by atoms with Gasteiger partial charge in [0.25, 0.3) is 0 Å². The molecule has 0 radical (unpaired) electrons. The van der Waals surface area contributed by atoms with E-state index in [-0.39, 0.29) is 0 Å². The van der Waals surface area contributed by atoms with Gasteiger partial charge in [-0.05, 0) is 43.1 Å². The van der Waals surface area contributed by atoms with Crippen LogP contribution in [0.15, 0.2) is 33.6 Å². The van der Waals surface area contributed by atoms with Gasteiger partial charge < -0.3 is 5.32 Å². The standard InChI is InChI=1S/C15H24BrNS/c1-4-6-12(3)15(17-5-2)11-18-14-9-7-13(16)8-10-14/h7-10,12,15,17H,4-6,11H2,1-3H3. The maximum atomic E-state index is 3.62. The second kappa shape index (κ2) is 9.00. The zero-order valence-electron chi connectivity index (χ0n) is 11.6.